The van der Waals surface area contributed by atoms with E-state index in [-0.39, 0.29) is 12.5 Å². The van der Waals surface area contributed by atoms with Gasteiger partial charge in [0, 0.05) is 32.2 Å². The number of nitrogens with zero attached hydrogens (tertiary/aromatic N) is 7. The van der Waals surface area contributed by atoms with Crippen molar-refractivity contribution in [1.82, 2.24) is 29.9 Å². The molecule has 1 aliphatic rings. The molecular formula is C24H25N7O3. The number of anilines is 1. The van der Waals surface area contributed by atoms with E-state index in [9.17, 15) is 4.79 Å². The Balaban J connectivity index is 1.27. The van der Waals surface area contributed by atoms with Gasteiger partial charge in [-0.1, -0.05) is 29.5 Å². The number of aromatic nitrogens is 5. The highest BCUT2D eigenvalue weighted by Crippen LogP contribution is 2.25. The molecule has 0 atom stereocenters. The lowest BCUT2D eigenvalue weighted by Crippen LogP contribution is -2.50. The standard InChI is InChI=1S/C24H25N7O3/c1-17-6-3-4-9-20(17)34-15-21(32)29-10-12-30(13-11-29)23-22-24(26-16-25-23)31(28-27-22)18-7-5-8-19(14-18)33-2/h3-9,14,16H,10-13,15H2,1-2H3. The van der Waals surface area contributed by atoms with Gasteiger partial charge >= 0.3 is 0 Å². The summed E-state index contributed by atoms with van der Waals surface area (Å²) in [6.07, 6.45) is 1.52. The molecule has 2 aromatic carbocycles. The molecule has 0 saturated carbocycles. The van der Waals surface area contributed by atoms with Gasteiger partial charge in [0.2, 0.25) is 0 Å². The summed E-state index contributed by atoms with van der Waals surface area (Å²) < 4.78 is 12.7. The maximum atomic E-state index is 12.7. The van der Waals surface area contributed by atoms with E-state index in [4.69, 9.17) is 9.47 Å². The Morgan fingerprint density at radius 3 is 2.65 bits per heavy atom. The zero-order valence-electron chi connectivity index (χ0n) is 19.1. The minimum Gasteiger partial charge on any atom is -0.497 e. The maximum Gasteiger partial charge on any atom is 0.260 e. The third-order valence-electron chi connectivity index (χ3n) is 5.89. The van der Waals surface area contributed by atoms with Gasteiger partial charge in [-0.2, -0.15) is 4.68 Å². The fourth-order valence-corrected chi connectivity index (χ4v) is 4.00. The van der Waals surface area contributed by atoms with Crippen molar-refractivity contribution in [2.45, 2.75) is 6.92 Å². The van der Waals surface area contributed by atoms with Crippen LogP contribution in [-0.2, 0) is 4.79 Å². The quantitative estimate of drug-likeness (QED) is 0.433. The van der Waals surface area contributed by atoms with Gasteiger partial charge in [0.15, 0.2) is 23.6 Å². The van der Waals surface area contributed by atoms with Crippen molar-refractivity contribution in [2.24, 2.45) is 0 Å². The summed E-state index contributed by atoms with van der Waals surface area (Å²) in [5.74, 6) is 2.14. The Morgan fingerprint density at radius 1 is 1.03 bits per heavy atom. The lowest BCUT2D eigenvalue weighted by molar-refractivity contribution is -0.133. The molecule has 3 heterocycles. The number of carbonyl (C=O) groups excluding carboxylic acids is 1. The zero-order valence-corrected chi connectivity index (χ0v) is 19.1. The van der Waals surface area contributed by atoms with Gasteiger partial charge in [-0.05, 0) is 30.7 Å². The Bertz CT molecular complexity index is 1310. The summed E-state index contributed by atoms with van der Waals surface area (Å²) in [6.45, 7) is 4.41. The van der Waals surface area contributed by atoms with Crippen LogP contribution in [0.3, 0.4) is 0 Å². The summed E-state index contributed by atoms with van der Waals surface area (Å²) in [5.41, 5.74) is 3.04. The van der Waals surface area contributed by atoms with Gasteiger partial charge in [-0.25, -0.2) is 9.97 Å². The van der Waals surface area contributed by atoms with Gasteiger partial charge in [0.25, 0.3) is 5.91 Å². The molecule has 10 nitrogen and oxygen atoms in total. The molecule has 174 valence electrons. The first-order chi connectivity index (χ1) is 16.6. The second-order valence-electron chi connectivity index (χ2n) is 7.99. The second-order valence-corrected chi connectivity index (χ2v) is 7.99. The highest BCUT2D eigenvalue weighted by molar-refractivity contribution is 5.84. The number of para-hydroxylation sites is 1. The Labute approximate surface area is 196 Å². The summed E-state index contributed by atoms with van der Waals surface area (Å²) >= 11 is 0. The lowest BCUT2D eigenvalue weighted by atomic mass is 10.2. The van der Waals surface area contributed by atoms with Crippen LogP contribution in [0.25, 0.3) is 16.9 Å². The number of fused-ring (bicyclic) bond motifs is 1. The number of hydrogen-bond acceptors (Lipinski definition) is 8. The monoisotopic (exact) mass is 459 g/mol. The van der Waals surface area contributed by atoms with E-state index >= 15 is 0 Å². The van der Waals surface area contributed by atoms with Crippen molar-refractivity contribution in [3.63, 3.8) is 0 Å². The molecule has 4 aromatic rings. The number of amides is 1. The first kappa shape index (κ1) is 21.6. The summed E-state index contributed by atoms with van der Waals surface area (Å²) in [4.78, 5) is 25.5. The normalized spacial score (nSPS) is 13.8. The van der Waals surface area contributed by atoms with Crippen LogP contribution in [0.15, 0.2) is 54.9 Å². The van der Waals surface area contributed by atoms with Crippen molar-refractivity contribution >= 4 is 22.9 Å². The summed E-state index contributed by atoms with van der Waals surface area (Å²) in [7, 11) is 1.62. The fourth-order valence-electron chi connectivity index (χ4n) is 4.00. The van der Waals surface area contributed by atoms with Crippen molar-refractivity contribution in [2.75, 3.05) is 44.8 Å². The van der Waals surface area contributed by atoms with Gasteiger partial charge in [-0.3, -0.25) is 4.79 Å². The van der Waals surface area contributed by atoms with Crippen LogP contribution in [0.5, 0.6) is 11.5 Å². The Hall–Kier alpha value is -4.21. The van der Waals surface area contributed by atoms with E-state index in [1.807, 2.05) is 60.4 Å². The number of ether oxygens (including phenoxy) is 2. The topological polar surface area (TPSA) is 98.5 Å². The van der Waals surface area contributed by atoms with Crippen LogP contribution >= 0.6 is 0 Å². The molecule has 10 heteroatoms. The van der Waals surface area contributed by atoms with Crippen molar-refractivity contribution in [1.29, 1.82) is 0 Å². The van der Waals surface area contributed by atoms with Crippen LogP contribution in [0, 0.1) is 6.92 Å². The number of rotatable bonds is 6. The molecule has 34 heavy (non-hydrogen) atoms. The van der Waals surface area contributed by atoms with E-state index in [0.29, 0.717) is 43.2 Å². The Kier molecular flexibility index (Phi) is 5.94. The molecule has 1 saturated heterocycles. The van der Waals surface area contributed by atoms with Gasteiger partial charge in [-0.15, -0.1) is 5.10 Å². The molecular weight excluding hydrogens is 434 g/mol. The molecule has 5 rings (SSSR count). The van der Waals surface area contributed by atoms with Gasteiger partial charge in [0.1, 0.15) is 17.8 Å². The van der Waals surface area contributed by atoms with E-state index in [0.717, 1.165) is 22.7 Å². The predicted octanol–water partition coefficient (Wildman–Crippen LogP) is 2.26. The fraction of sp³-hybridized carbons (Fsp3) is 0.292. The minimum absolute atomic E-state index is 0.0253. The molecule has 1 aliphatic heterocycles. The lowest BCUT2D eigenvalue weighted by Gasteiger charge is -2.35. The number of carbonyl (C=O) groups is 1. The molecule has 1 fully saturated rings. The average molecular weight is 460 g/mol. The van der Waals surface area contributed by atoms with E-state index in [1.54, 1.807) is 11.8 Å². The predicted molar refractivity (Wildman–Crippen MR) is 126 cm³/mol. The van der Waals surface area contributed by atoms with E-state index in [2.05, 4.69) is 25.2 Å². The molecule has 0 spiro atoms. The summed E-state index contributed by atoms with van der Waals surface area (Å²) in [5, 5.41) is 8.66. The van der Waals surface area contributed by atoms with Crippen molar-refractivity contribution in [3.8, 4) is 17.2 Å². The largest absolute Gasteiger partial charge is 0.497 e. The average Bonchev–Trinajstić information content (AvgIpc) is 3.33. The van der Waals surface area contributed by atoms with Crippen LogP contribution < -0.4 is 14.4 Å². The smallest absolute Gasteiger partial charge is 0.260 e. The van der Waals surface area contributed by atoms with Crippen LogP contribution in [0.1, 0.15) is 5.56 Å². The van der Waals surface area contributed by atoms with E-state index in [1.165, 1.54) is 6.33 Å². The number of aryl methyl sites for hydroxylation is 1. The number of benzene rings is 2. The first-order valence-corrected chi connectivity index (χ1v) is 11.1. The maximum absolute atomic E-state index is 12.7. The van der Waals surface area contributed by atoms with Crippen LogP contribution in [-0.4, -0.2) is 75.7 Å². The SMILES string of the molecule is COc1cccc(-n2nnc3c(N4CCN(C(=O)COc5ccccc5C)CC4)ncnc32)c1. The molecule has 0 N–H and O–H groups in total. The highest BCUT2D eigenvalue weighted by Gasteiger charge is 2.25. The van der Waals surface area contributed by atoms with Gasteiger partial charge < -0.3 is 19.3 Å². The number of methoxy groups -OCH3 is 1. The third-order valence-corrected chi connectivity index (χ3v) is 5.89. The summed E-state index contributed by atoms with van der Waals surface area (Å²) in [6, 6.07) is 15.2. The molecule has 0 bridgehead atoms. The highest BCUT2D eigenvalue weighted by atomic mass is 16.5. The molecule has 0 unspecified atom stereocenters. The molecule has 0 aliphatic carbocycles. The minimum atomic E-state index is -0.0280. The molecule has 2 aromatic heterocycles. The molecule has 1 amide bonds. The van der Waals surface area contributed by atoms with Crippen LogP contribution in [0.4, 0.5) is 5.82 Å². The van der Waals surface area contributed by atoms with Crippen molar-refractivity contribution in [3.05, 3.63) is 60.4 Å². The third kappa shape index (κ3) is 4.21. The number of hydrogen-bond donors (Lipinski definition) is 0. The number of piperazine rings is 1. The zero-order chi connectivity index (χ0) is 23.5. The van der Waals surface area contributed by atoms with Gasteiger partial charge in [0.05, 0.1) is 12.8 Å². The first-order valence-electron chi connectivity index (χ1n) is 11.1. The Morgan fingerprint density at radius 2 is 1.85 bits per heavy atom. The van der Waals surface area contributed by atoms with Crippen LogP contribution in [0.2, 0.25) is 0 Å². The molecule has 0 radical (unpaired) electrons. The van der Waals surface area contributed by atoms with Crippen molar-refractivity contribution < 1.29 is 14.3 Å². The second kappa shape index (κ2) is 9.34. The van der Waals surface area contributed by atoms with E-state index < -0.39 is 0 Å².